The molecular weight excluding hydrogens is 218 g/mol. The molecule has 0 N–H and O–H groups in total. The third-order valence-electron chi connectivity index (χ3n) is 1.28. The molecule has 0 aliphatic heterocycles. The second kappa shape index (κ2) is 4.65. The summed E-state index contributed by atoms with van der Waals surface area (Å²) in [7, 11) is 1.46. The van der Waals surface area contributed by atoms with E-state index in [-0.39, 0.29) is 22.6 Å². The minimum atomic E-state index is -0.500. The molecule has 2 nitrogen and oxygen atoms in total. The SMILES string of the molecule is COCOc1c(Cl)cc(F)cc1Cl. The lowest BCUT2D eigenvalue weighted by Gasteiger charge is -2.08. The molecule has 0 aliphatic carbocycles. The van der Waals surface area contributed by atoms with Gasteiger partial charge in [-0.1, -0.05) is 23.2 Å². The van der Waals surface area contributed by atoms with Crippen molar-refractivity contribution in [1.29, 1.82) is 0 Å². The van der Waals surface area contributed by atoms with E-state index < -0.39 is 5.82 Å². The first-order chi connectivity index (χ1) is 6.15. The van der Waals surface area contributed by atoms with Gasteiger partial charge < -0.3 is 9.47 Å². The molecule has 13 heavy (non-hydrogen) atoms. The van der Waals surface area contributed by atoms with Crippen molar-refractivity contribution in [2.75, 3.05) is 13.9 Å². The van der Waals surface area contributed by atoms with E-state index in [1.54, 1.807) is 0 Å². The van der Waals surface area contributed by atoms with E-state index in [1.807, 2.05) is 0 Å². The van der Waals surface area contributed by atoms with Crippen molar-refractivity contribution in [2.45, 2.75) is 0 Å². The topological polar surface area (TPSA) is 18.5 Å². The molecule has 1 rings (SSSR count). The second-order valence-electron chi connectivity index (χ2n) is 2.25. The van der Waals surface area contributed by atoms with Gasteiger partial charge in [-0.25, -0.2) is 4.39 Å². The average molecular weight is 225 g/mol. The third kappa shape index (κ3) is 2.72. The minimum Gasteiger partial charge on any atom is -0.464 e. The Morgan fingerprint density at radius 3 is 2.31 bits per heavy atom. The Labute approximate surface area is 85.2 Å². The Hall–Kier alpha value is -0.510. The number of methoxy groups -OCH3 is 1. The first-order valence-corrected chi connectivity index (χ1v) is 4.17. The van der Waals surface area contributed by atoms with Crippen molar-refractivity contribution in [3.63, 3.8) is 0 Å². The number of hydrogen-bond donors (Lipinski definition) is 0. The van der Waals surface area contributed by atoms with E-state index in [4.69, 9.17) is 27.9 Å². The highest BCUT2D eigenvalue weighted by Gasteiger charge is 2.09. The molecule has 0 aliphatic rings. The van der Waals surface area contributed by atoms with Crippen molar-refractivity contribution in [1.82, 2.24) is 0 Å². The van der Waals surface area contributed by atoms with Crippen molar-refractivity contribution in [2.24, 2.45) is 0 Å². The summed E-state index contributed by atoms with van der Waals surface area (Å²) in [5.41, 5.74) is 0. The highest BCUT2D eigenvalue weighted by molar-refractivity contribution is 6.37. The van der Waals surface area contributed by atoms with Gasteiger partial charge in [0, 0.05) is 7.11 Å². The maximum atomic E-state index is 12.7. The number of ether oxygens (including phenoxy) is 2. The summed E-state index contributed by atoms with van der Waals surface area (Å²) in [4.78, 5) is 0. The van der Waals surface area contributed by atoms with Crippen LogP contribution in [0.2, 0.25) is 10.0 Å². The van der Waals surface area contributed by atoms with Crippen LogP contribution in [-0.4, -0.2) is 13.9 Å². The summed E-state index contributed by atoms with van der Waals surface area (Å²) in [6, 6.07) is 2.25. The summed E-state index contributed by atoms with van der Waals surface area (Å²) in [6.45, 7) is 0.0189. The first-order valence-electron chi connectivity index (χ1n) is 3.41. The van der Waals surface area contributed by atoms with Gasteiger partial charge in [0.1, 0.15) is 5.82 Å². The van der Waals surface area contributed by atoms with Gasteiger partial charge in [-0.3, -0.25) is 0 Å². The lowest BCUT2D eigenvalue weighted by Crippen LogP contribution is -2.00. The van der Waals surface area contributed by atoms with Crippen molar-refractivity contribution in [3.05, 3.63) is 28.0 Å². The van der Waals surface area contributed by atoms with Crippen LogP contribution in [0.25, 0.3) is 0 Å². The van der Waals surface area contributed by atoms with Crippen molar-refractivity contribution in [3.8, 4) is 5.75 Å². The Morgan fingerprint density at radius 1 is 1.31 bits per heavy atom. The van der Waals surface area contributed by atoms with Gasteiger partial charge in [0.05, 0.1) is 10.0 Å². The zero-order chi connectivity index (χ0) is 9.84. The molecule has 1 aromatic carbocycles. The van der Waals surface area contributed by atoms with Crippen LogP contribution in [0.3, 0.4) is 0 Å². The zero-order valence-electron chi connectivity index (χ0n) is 6.81. The zero-order valence-corrected chi connectivity index (χ0v) is 8.32. The lowest BCUT2D eigenvalue weighted by atomic mass is 10.3. The van der Waals surface area contributed by atoms with Gasteiger partial charge in [0.15, 0.2) is 12.5 Å². The van der Waals surface area contributed by atoms with Gasteiger partial charge >= 0.3 is 0 Å². The molecule has 0 saturated heterocycles. The first kappa shape index (κ1) is 10.6. The van der Waals surface area contributed by atoms with E-state index in [0.717, 1.165) is 12.1 Å². The number of halogens is 3. The van der Waals surface area contributed by atoms with E-state index in [9.17, 15) is 4.39 Å². The lowest BCUT2D eigenvalue weighted by molar-refractivity contribution is 0.0512. The molecule has 0 heterocycles. The highest BCUT2D eigenvalue weighted by Crippen LogP contribution is 2.33. The minimum absolute atomic E-state index is 0.0189. The number of benzene rings is 1. The Balaban J connectivity index is 2.92. The van der Waals surface area contributed by atoms with Gasteiger partial charge in [-0.2, -0.15) is 0 Å². The molecule has 0 atom stereocenters. The van der Waals surface area contributed by atoms with E-state index >= 15 is 0 Å². The predicted octanol–water partition coefficient (Wildman–Crippen LogP) is 3.12. The molecule has 0 radical (unpaired) electrons. The molecule has 0 unspecified atom stereocenters. The quantitative estimate of drug-likeness (QED) is 0.735. The molecule has 0 aromatic heterocycles. The van der Waals surface area contributed by atoms with Crippen LogP contribution in [-0.2, 0) is 4.74 Å². The molecule has 72 valence electrons. The highest BCUT2D eigenvalue weighted by atomic mass is 35.5. The van der Waals surface area contributed by atoms with Crippen LogP contribution in [0.1, 0.15) is 0 Å². The third-order valence-corrected chi connectivity index (χ3v) is 1.85. The largest absolute Gasteiger partial charge is 0.464 e. The Kier molecular flexibility index (Phi) is 3.78. The normalized spacial score (nSPS) is 10.2. The van der Waals surface area contributed by atoms with Crippen LogP contribution in [0.15, 0.2) is 12.1 Å². The fourth-order valence-corrected chi connectivity index (χ4v) is 1.35. The fourth-order valence-electron chi connectivity index (χ4n) is 0.785. The maximum Gasteiger partial charge on any atom is 0.188 e. The smallest absolute Gasteiger partial charge is 0.188 e. The summed E-state index contributed by atoms with van der Waals surface area (Å²) < 4.78 is 22.3. The van der Waals surface area contributed by atoms with Gasteiger partial charge in [-0.15, -0.1) is 0 Å². The van der Waals surface area contributed by atoms with Crippen LogP contribution in [0, 0.1) is 5.82 Å². The van der Waals surface area contributed by atoms with Gasteiger partial charge in [0.25, 0.3) is 0 Å². The number of rotatable bonds is 3. The average Bonchev–Trinajstić information content (AvgIpc) is 2.02. The van der Waals surface area contributed by atoms with Gasteiger partial charge in [-0.05, 0) is 12.1 Å². The molecule has 5 heteroatoms. The van der Waals surface area contributed by atoms with Crippen LogP contribution >= 0.6 is 23.2 Å². The molecule has 0 bridgehead atoms. The van der Waals surface area contributed by atoms with Crippen LogP contribution < -0.4 is 4.74 Å². The molecule has 0 saturated carbocycles. The molecular formula is C8H7Cl2FO2. The Morgan fingerprint density at radius 2 is 1.85 bits per heavy atom. The predicted molar refractivity (Wildman–Crippen MR) is 48.9 cm³/mol. The van der Waals surface area contributed by atoms with Crippen molar-refractivity contribution < 1.29 is 13.9 Å². The van der Waals surface area contributed by atoms with Gasteiger partial charge in [0.2, 0.25) is 0 Å². The molecule has 0 fully saturated rings. The summed E-state index contributed by atoms with van der Waals surface area (Å²) in [5, 5.41) is 0.254. The monoisotopic (exact) mass is 224 g/mol. The summed E-state index contributed by atoms with van der Waals surface area (Å²) in [6.07, 6.45) is 0. The van der Waals surface area contributed by atoms with E-state index in [2.05, 4.69) is 4.74 Å². The van der Waals surface area contributed by atoms with Crippen molar-refractivity contribution >= 4 is 23.2 Å². The fraction of sp³-hybridized carbons (Fsp3) is 0.250. The standard InChI is InChI=1S/C8H7Cl2FO2/c1-12-4-13-8-6(9)2-5(11)3-7(8)10/h2-3H,4H2,1H3. The molecule has 0 spiro atoms. The van der Waals surface area contributed by atoms with Crippen LogP contribution in [0.4, 0.5) is 4.39 Å². The van der Waals surface area contributed by atoms with E-state index in [0.29, 0.717) is 0 Å². The van der Waals surface area contributed by atoms with Crippen LogP contribution in [0.5, 0.6) is 5.75 Å². The second-order valence-corrected chi connectivity index (χ2v) is 3.06. The van der Waals surface area contributed by atoms with E-state index in [1.165, 1.54) is 7.11 Å². The summed E-state index contributed by atoms with van der Waals surface area (Å²) >= 11 is 11.3. The molecule has 1 aromatic rings. The Bertz CT molecular complexity index is 281. The number of hydrogen-bond acceptors (Lipinski definition) is 2. The molecule has 0 amide bonds. The summed E-state index contributed by atoms with van der Waals surface area (Å²) in [5.74, 6) is -0.272. The maximum absolute atomic E-state index is 12.7.